The topological polar surface area (TPSA) is 32.3 Å². The summed E-state index contributed by atoms with van der Waals surface area (Å²) in [5, 5.41) is 3.16. The minimum atomic E-state index is 0.112. The number of carbonyl (C=O) groups excluding carboxylic acids is 1. The largest absolute Gasteiger partial charge is 0.356 e. The number of hydrogen-bond acceptors (Lipinski definition) is 2. The van der Waals surface area contributed by atoms with Crippen molar-refractivity contribution >= 4 is 5.91 Å². The van der Waals surface area contributed by atoms with Gasteiger partial charge in [-0.2, -0.15) is 0 Å². The van der Waals surface area contributed by atoms with Gasteiger partial charge >= 0.3 is 0 Å². The summed E-state index contributed by atoms with van der Waals surface area (Å²) < 4.78 is 0. The van der Waals surface area contributed by atoms with Crippen LogP contribution in [0.3, 0.4) is 0 Å². The van der Waals surface area contributed by atoms with E-state index >= 15 is 0 Å². The average Bonchev–Trinajstić information content (AvgIpc) is 2.69. The van der Waals surface area contributed by atoms with Gasteiger partial charge in [0.2, 0.25) is 5.91 Å². The Balaban J connectivity index is 1.54. The number of amides is 1. The van der Waals surface area contributed by atoms with Crippen LogP contribution in [0.15, 0.2) is 60.7 Å². The molecule has 2 aromatic carbocycles. The van der Waals surface area contributed by atoms with Crippen molar-refractivity contribution in [3.8, 4) is 0 Å². The number of likely N-dealkylation sites (tertiary alicyclic amines) is 1. The molecule has 1 aliphatic heterocycles. The summed E-state index contributed by atoms with van der Waals surface area (Å²) in [5.41, 5.74) is 2.40. The maximum atomic E-state index is 12.6. The molecule has 138 valence electrons. The molecule has 0 radical (unpaired) electrons. The van der Waals surface area contributed by atoms with Crippen LogP contribution in [0.5, 0.6) is 0 Å². The van der Waals surface area contributed by atoms with Crippen molar-refractivity contribution in [2.24, 2.45) is 5.92 Å². The first-order chi connectivity index (χ1) is 12.7. The van der Waals surface area contributed by atoms with Crippen LogP contribution in [-0.2, 0) is 4.79 Å². The number of benzene rings is 2. The van der Waals surface area contributed by atoms with Crippen molar-refractivity contribution < 1.29 is 4.79 Å². The van der Waals surface area contributed by atoms with Crippen molar-refractivity contribution in [3.05, 3.63) is 71.8 Å². The summed E-state index contributed by atoms with van der Waals surface area (Å²) in [5.74, 6) is 1.02. The first-order valence-electron chi connectivity index (χ1n) is 9.77. The molecule has 26 heavy (non-hydrogen) atoms. The second kappa shape index (κ2) is 9.54. The van der Waals surface area contributed by atoms with Gasteiger partial charge < -0.3 is 10.2 Å². The molecule has 0 aromatic heterocycles. The lowest BCUT2D eigenvalue weighted by Gasteiger charge is -2.29. The second-order valence-corrected chi connectivity index (χ2v) is 7.46. The van der Waals surface area contributed by atoms with Crippen LogP contribution in [0.1, 0.15) is 42.7 Å². The van der Waals surface area contributed by atoms with Crippen LogP contribution >= 0.6 is 0 Å². The number of nitrogens with zero attached hydrogens (tertiary/aromatic N) is 1. The van der Waals surface area contributed by atoms with E-state index in [9.17, 15) is 4.79 Å². The molecule has 0 saturated carbocycles. The highest BCUT2D eigenvalue weighted by molar-refractivity contribution is 5.77. The van der Waals surface area contributed by atoms with Gasteiger partial charge in [0.15, 0.2) is 0 Å². The van der Waals surface area contributed by atoms with Crippen LogP contribution in [0.25, 0.3) is 0 Å². The minimum absolute atomic E-state index is 0.112. The normalized spacial score (nSPS) is 15.9. The van der Waals surface area contributed by atoms with Crippen molar-refractivity contribution in [1.82, 2.24) is 10.2 Å². The zero-order valence-electron chi connectivity index (χ0n) is 15.7. The molecule has 3 nitrogen and oxygen atoms in total. The minimum Gasteiger partial charge on any atom is -0.356 e. The smallest absolute Gasteiger partial charge is 0.220 e. The molecule has 1 saturated heterocycles. The van der Waals surface area contributed by atoms with Gasteiger partial charge in [-0.25, -0.2) is 0 Å². The Morgan fingerprint density at radius 2 is 1.54 bits per heavy atom. The summed E-state index contributed by atoms with van der Waals surface area (Å²) in [7, 11) is 2.19. The van der Waals surface area contributed by atoms with E-state index in [0.717, 1.165) is 18.9 Å². The van der Waals surface area contributed by atoms with Crippen LogP contribution in [-0.4, -0.2) is 37.5 Å². The van der Waals surface area contributed by atoms with Gasteiger partial charge in [0, 0.05) is 18.9 Å². The quantitative estimate of drug-likeness (QED) is 0.817. The van der Waals surface area contributed by atoms with E-state index in [4.69, 9.17) is 0 Å². The molecular formula is C23H30N2O. The predicted molar refractivity (Wildman–Crippen MR) is 107 cm³/mol. The fourth-order valence-electron chi connectivity index (χ4n) is 3.82. The molecule has 0 atom stereocenters. The van der Waals surface area contributed by atoms with Gasteiger partial charge in [0.1, 0.15) is 0 Å². The lowest BCUT2D eigenvalue weighted by atomic mass is 9.88. The lowest BCUT2D eigenvalue weighted by Crippen LogP contribution is -2.33. The van der Waals surface area contributed by atoms with E-state index in [1.807, 2.05) is 36.4 Å². The van der Waals surface area contributed by atoms with Crippen molar-refractivity contribution in [1.29, 1.82) is 0 Å². The third-order valence-electron chi connectivity index (χ3n) is 5.51. The molecule has 2 aromatic rings. The highest BCUT2D eigenvalue weighted by atomic mass is 16.1. The van der Waals surface area contributed by atoms with Crippen LogP contribution in [0, 0.1) is 5.92 Å². The van der Waals surface area contributed by atoms with E-state index in [1.54, 1.807) is 0 Å². The van der Waals surface area contributed by atoms with Gasteiger partial charge in [0.25, 0.3) is 0 Å². The second-order valence-electron chi connectivity index (χ2n) is 7.46. The summed E-state index contributed by atoms with van der Waals surface area (Å²) in [4.78, 5) is 15.0. The zero-order valence-corrected chi connectivity index (χ0v) is 15.7. The third-order valence-corrected chi connectivity index (χ3v) is 5.51. The van der Waals surface area contributed by atoms with Crippen molar-refractivity contribution in [3.63, 3.8) is 0 Å². The third kappa shape index (κ3) is 5.43. The summed E-state index contributed by atoms with van der Waals surface area (Å²) in [6.45, 7) is 3.16. The lowest BCUT2D eigenvalue weighted by molar-refractivity contribution is -0.121. The summed E-state index contributed by atoms with van der Waals surface area (Å²) >= 11 is 0. The highest BCUT2D eigenvalue weighted by Crippen LogP contribution is 2.27. The monoisotopic (exact) mass is 350 g/mol. The first-order valence-corrected chi connectivity index (χ1v) is 9.77. The molecule has 0 unspecified atom stereocenters. The molecule has 1 N–H and O–H groups in total. The van der Waals surface area contributed by atoms with Crippen molar-refractivity contribution in [2.45, 2.75) is 31.6 Å². The molecule has 0 aliphatic carbocycles. The SMILES string of the molecule is CN1CCC(CCNC(=O)CC(c2ccccc2)c2ccccc2)CC1. The summed E-state index contributed by atoms with van der Waals surface area (Å²) in [6.07, 6.45) is 4.11. The molecule has 0 spiro atoms. The van der Waals surface area contributed by atoms with E-state index in [2.05, 4.69) is 41.5 Å². The molecule has 1 aliphatic rings. The Kier molecular flexibility index (Phi) is 6.84. The molecular weight excluding hydrogens is 320 g/mol. The van der Waals surface area contributed by atoms with Gasteiger partial charge in [-0.1, -0.05) is 60.7 Å². The van der Waals surface area contributed by atoms with Crippen molar-refractivity contribution in [2.75, 3.05) is 26.7 Å². The average molecular weight is 351 g/mol. The molecule has 1 heterocycles. The van der Waals surface area contributed by atoms with Crippen LogP contribution in [0.4, 0.5) is 0 Å². The number of rotatable bonds is 7. The Labute approximate surface area is 157 Å². The van der Waals surface area contributed by atoms with E-state index in [0.29, 0.717) is 6.42 Å². The Bertz CT molecular complexity index is 624. The maximum Gasteiger partial charge on any atom is 0.220 e. The Morgan fingerprint density at radius 3 is 2.08 bits per heavy atom. The van der Waals surface area contributed by atoms with E-state index in [-0.39, 0.29) is 11.8 Å². The fraction of sp³-hybridized carbons (Fsp3) is 0.435. The van der Waals surface area contributed by atoms with E-state index < -0.39 is 0 Å². The molecule has 1 amide bonds. The number of nitrogens with one attached hydrogen (secondary N) is 1. The van der Waals surface area contributed by atoms with Gasteiger partial charge in [-0.3, -0.25) is 4.79 Å². The predicted octanol–water partition coefficient (Wildman–Crippen LogP) is 4.06. The molecule has 3 heteroatoms. The zero-order chi connectivity index (χ0) is 18.2. The first kappa shape index (κ1) is 18.7. The Morgan fingerprint density at radius 1 is 1.00 bits per heavy atom. The number of hydrogen-bond donors (Lipinski definition) is 1. The summed E-state index contributed by atoms with van der Waals surface area (Å²) in [6, 6.07) is 20.7. The van der Waals surface area contributed by atoms with E-state index in [1.165, 1.54) is 37.1 Å². The van der Waals surface area contributed by atoms with Gasteiger partial charge in [-0.05, 0) is 56.4 Å². The number of piperidine rings is 1. The highest BCUT2D eigenvalue weighted by Gasteiger charge is 2.19. The molecule has 1 fully saturated rings. The Hall–Kier alpha value is -2.13. The van der Waals surface area contributed by atoms with Crippen LogP contribution < -0.4 is 5.32 Å². The number of carbonyl (C=O) groups is 1. The molecule has 0 bridgehead atoms. The van der Waals surface area contributed by atoms with Gasteiger partial charge in [0.05, 0.1) is 0 Å². The maximum absolute atomic E-state index is 12.6. The fourth-order valence-corrected chi connectivity index (χ4v) is 3.82. The molecule has 3 rings (SSSR count). The standard InChI is InChI=1S/C23H30N2O/c1-25-16-13-19(14-17-25)12-15-24-23(26)18-22(20-8-4-2-5-9-20)21-10-6-3-7-11-21/h2-11,19,22H,12-18H2,1H3,(H,24,26). The van der Waals surface area contributed by atoms with Crippen LogP contribution in [0.2, 0.25) is 0 Å². The van der Waals surface area contributed by atoms with Gasteiger partial charge in [-0.15, -0.1) is 0 Å².